The lowest BCUT2D eigenvalue weighted by molar-refractivity contribution is -0.127. The Balaban J connectivity index is 0.762. The van der Waals surface area contributed by atoms with Crippen LogP contribution >= 0.6 is 11.8 Å². The molecule has 5 heterocycles. The monoisotopic (exact) mass is 841 g/mol. The molecule has 0 radical (unpaired) electrons. The molecule has 8 rings (SSSR count). The fourth-order valence-corrected chi connectivity index (χ4v) is 13.7. The highest BCUT2D eigenvalue weighted by molar-refractivity contribution is 8.00. The molecule has 3 aliphatic carbocycles. The molecule has 0 aromatic carbocycles. The molecule has 6 N–H and O–H groups in total. The molecule has 7 fully saturated rings. The first-order chi connectivity index (χ1) is 28.7. The SMILES string of the molecule is CCNNC1NC2SC(C)C(C)C2C(C2CCC(N3CCOC4(CCN(C5CCC(C(=O)NC6CCC(OC7CCC(C#N)C(OC)C7)CC6)NN5)C4)C3)CC2)=N[C@H]1C. The maximum Gasteiger partial charge on any atom is 0.238 e. The molecule has 332 valence electrons. The van der Waals surface area contributed by atoms with Gasteiger partial charge < -0.3 is 19.5 Å². The van der Waals surface area contributed by atoms with Crippen LogP contribution in [0.1, 0.15) is 118 Å². The second kappa shape index (κ2) is 20.0. The van der Waals surface area contributed by atoms with Crippen molar-refractivity contribution in [2.45, 2.75) is 189 Å². The van der Waals surface area contributed by atoms with E-state index < -0.39 is 0 Å². The predicted octanol–water partition coefficient (Wildman–Crippen LogP) is 3.64. The summed E-state index contributed by atoms with van der Waals surface area (Å²) in [4.78, 5) is 24.2. The van der Waals surface area contributed by atoms with Gasteiger partial charge in [-0.1, -0.05) is 20.8 Å². The highest BCUT2D eigenvalue weighted by atomic mass is 32.2. The molecule has 0 bridgehead atoms. The molecule has 1 spiro atoms. The van der Waals surface area contributed by atoms with Gasteiger partial charge in [-0.15, -0.1) is 11.8 Å². The molecule has 0 aromatic rings. The lowest BCUT2D eigenvalue weighted by Crippen LogP contribution is -2.63. The largest absolute Gasteiger partial charge is 0.380 e. The Labute approximate surface area is 358 Å². The van der Waals surface area contributed by atoms with E-state index >= 15 is 0 Å². The van der Waals surface area contributed by atoms with Crippen LogP contribution < -0.4 is 32.3 Å². The zero-order chi connectivity index (χ0) is 41.1. The predicted molar refractivity (Wildman–Crippen MR) is 232 cm³/mol. The molecule has 11 unspecified atom stereocenters. The summed E-state index contributed by atoms with van der Waals surface area (Å²) < 4.78 is 18.7. The first kappa shape index (κ1) is 44.2. The molecular formula is C44H76N10O4S. The summed E-state index contributed by atoms with van der Waals surface area (Å²) in [5.74, 6) is 1.77. The molecular weight excluding hydrogens is 765 g/mol. The van der Waals surface area contributed by atoms with Crippen molar-refractivity contribution in [2.75, 3.05) is 46.4 Å². The maximum absolute atomic E-state index is 13.4. The van der Waals surface area contributed by atoms with Crippen molar-refractivity contribution in [3.8, 4) is 6.07 Å². The molecule has 15 heteroatoms. The van der Waals surface area contributed by atoms with Crippen molar-refractivity contribution in [3.05, 3.63) is 0 Å². The van der Waals surface area contributed by atoms with Gasteiger partial charge in [-0.3, -0.25) is 30.3 Å². The van der Waals surface area contributed by atoms with Gasteiger partial charge in [-0.2, -0.15) is 5.26 Å². The number of nitrogens with zero attached hydrogens (tertiary/aromatic N) is 4. The number of ether oxygens (including phenoxy) is 3. The Morgan fingerprint density at radius 1 is 0.983 bits per heavy atom. The number of fused-ring (bicyclic) bond motifs is 1. The minimum absolute atomic E-state index is 0.0305. The second-order valence-electron chi connectivity index (χ2n) is 19.5. The minimum atomic E-state index is -0.223. The smallest absolute Gasteiger partial charge is 0.238 e. The first-order valence-electron chi connectivity index (χ1n) is 23.6. The van der Waals surface area contributed by atoms with E-state index in [-0.39, 0.29) is 66.2 Å². The summed E-state index contributed by atoms with van der Waals surface area (Å²) in [5, 5.41) is 17.8. The third kappa shape index (κ3) is 10.2. The number of aliphatic imine (C=N–C) groups is 1. The van der Waals surface area contributed by atoms with E-state index in [1.807, 2.05) is 0 Å². The molecule has 4 saturated heterocycles. The van der Waals surface area contributed by atoms with Crippen LogP contribution in [0.5, 0.6) is 0 Å². The molecule has 12 atom stereocenters. The number of hydrogen-bond acceptors (Lipinski definition) is 14. The Morgan fingerprint density at radius 2 is 1.76 bits per heavy atom. The van der Waals surface area contributed by atoms with Crippen molar-refractivity contribution >= 4 is 23.4 Å². The highest BCUT2D eigenvalue weighted by Crippen LogP contribution is 2.47. The topological polar surface area (TPSA) is 160 Å². The molecule has 8 aliphatic rings. The van der Waals surface area contributed by atoms with Gasteiger partial charge in [0.25, 0.3) is 0 Å². The number of carbonyl (C=O) groups is 1. The van der Waals surface area contributed by atoms with Crippen LogP contribution in [0, 0.1) is 35.0 Å². The standard InChI is InChI=1S/C44H76N10O4S/c1-6-46-52-41-28(3)47-40(39-27(2)29(4)59-43(39)49-41)30-7-12-33(13-8-30)53-21-22-57-44(25-53)19-20-54(26-44)38-18-17-36(50-51-38)42(55)48-32-10-15-34(16-11-32)58-35-14-9-31(24-45)37(23-35)56-5/h27-39,41,43,46,49-52H,6-23,25-26H2,1-5H3,(H,48,55)/t27?,28-,29?,30?,31?,32?,33?,34?,35?,36?,37?,38?,39?,41?,43?,44?/m0/s1. The van der Waals surface area contributed by atoms with Crippen LogP contribution in [0.4, 0.5) is 0 Å². The summed E-state index contributed by atoms with van der Waals surface area (Å²) in [7, 11) is 1.70. The van der Waals surface area contributed by atoms with Gasteiger partial charge in [0.05, 0.1) is 66.3 Å². The number of nitriles is 1. The quantitative estimate of drug-likeness (QED) is 0.168. The Hall–Kier alpha value is -1.42. The zero-order valence-corrected chi connectivity index (χ0v) is 37.4. The van der Waals surface area contributed by atoms with Gasteiger partial charge in [-0.05, 0) is 102 Å². The number of hydrazine groups is 2. The van der Waals surface area contributed by atoms with E-state index in [2.05, 4.69) is 87.7 Å². The lowest BCUT2D eigenvalue weighted by atomic mass is 9.75. The van der Waals surface area contributed by atoms with Crippen LogP contribution in [0.3, 0.4) is 0 Å². The number of thioether (sulfide) groups is 1. The Kier molecular flexibility index (Phi) is 15.0. The van der Waals surface area contributed by atoms with Crippen molar-refractivity contribution in [2.24, 2.45) is 28.7 Å². The Bertz CT molecular complexity index is 1460. The number of likely N-dealkylation sites (tertiary alicyclic amines) is 1. The number of methoxy groups -OCH3 is 1. The van der Waals surface area contributed by atoms with E-state index in [1.165, 1.54) is 31.4 Å². The average molecular weight is 841 g/mol. The summed E-state index contributed by atoms with van der Waals surface area (Å²) in [6.07, 6.45) is 14.8. The number of rotatable bonds is 11. The molecule has 5 aliphatic heterocycles. The van der Waals surface area contributed by atoms with Crippen LogP contribution in [0.15, 0.2) is 4.99 Å². The number of morpholine rings is 1. The van der Waals surface area contributed by atoms with Crippen LogP contribution in [0.25, 0.3) is 0 Å². The van der Waals surface area contributed by atoms with Gasteiger partial charge in [0.15, 0.2) is 0 Å². The molecule has 59 heavy (non-hydrogen) atoms. The van der Waals surface area contributed by atoms with Crippen molar-refractivity contribution in [1.82, 2.24) is 42.1 Å². The third-order valence-electron chi connectivity index (χ3n) is 15.7. The number of amides is 1. The number of nitrogens with one attached hydrogen (secondary N) is 6. The van der Waals surface area contributed by atoms with E-state index in [0.717, 1.165) is 104 Å². The summed E-state index contributed by atoms with van der Waals surface area (Å²) in [6, 6.07) is 3.17. The fraction of sp³-hybridized carbons (Fsp3) is 0.932. The zero-order valence-electron chi connectivity index (χ0n) is 36.6. The number of hydrogen-bond donors (Lipinski definition) is 6. The van der Waals surface area contributed by atoms with Gasteiger partial charge in [0.2, 0.25) is 5.91 Å². The van der Waals surface area contributed by atoms with Crippen LogP contribution in [0.2, 0.25) is 0 Å². The van der Waals surface area contributed by atoms with Crippen molar-refractivity contribution < 1.29 is 19.0 Å². The normalized spacial score (nSPS) is 45.0. The number of carbonyl (C=O) groups excluding carboxylic acids is 1. The first-order valence-corrected chi connectivity index (χ1v) is 24.6. The van der Waals surface area contributed by atoms with Crippen LogP contribution in [-0.2, 0) is 19.0 Å². The molecule has 1 amide bonds. The highest BCUT2D eigenvalue weighted by Gasteiger charge is 2.49. The van der Waals surface area contributed by atoms with E-state index in [0.29, 0.717) is 34.4 Å². The second-order valence-corrected chi connectivity index (χ2v) is 21.0. The van der Waals surface area contributed by atoms with Gasteiger partial charge in [-0.25, -0.2) is 16.3 Å². The maximum atomic E-state index is 13.4. The van der Waals surface area contributed by atoms with Gasteiger partial charge in [0.1, 0.15) is 6.04 Å². The lowest BCUT2D eigenvalue weighted by Gasteiger charge is -2.46. The van der Waals surface area contributed by atoms with Crippen LogP contribution in [-0.4, -0.2) is 139 Å². The van der Waals surface area contributed by atoms with Crippen molar-refractivity contribution in [3.63, 3.8) is 0 Å². The third-order valence-corrected chi connectivity index (χ3v) is 17.3. The fourth-order valence-electron chi connectivity index (χ4n) is 12.0. The average Bonchev–Trinajstić information content (AvgIpc) is 3.75. The summed E-state index contributed by atoms with van der Waals surface area (Å²) in [5.41, 5.74) is 15.2. The molecule has 14 nitrogen and oxygen atoms in total. The van der Waals surface area contributed by atoms with E-state index in [9.17, 15) is 10.1 Å². The minimum Gasteiger partial charge on any atom is -0.380 e. The summed E-state index contributed by atoms with van der Waals surface area (Å²) >= 11 is 2.11. The molecule has 0 aromatic heterocycles. The van der Waals surface area contributed by atoms with Gasteiger partial charge >= 0.3 is 0 Å². The van der Waals surface area contributed by atoms with E-state index in [4.69, 9.17) is 19.2 Å². The Morgan fingerprint density at radius 3 is 2.49 bits per heavy atom. The summed E-state index contributed by atoms with van der Waals surface area (Å²) in [6.45, 7) is 15.0. The van der Waals surface area contributed by atoms with Gasteiger partial charge in [0, 0.05) is 75.2 Å². The van der Waals surface area contributed by atoms with E-state index in [1.54, 1.807) is 7.11 Å². The van der Waals surface area contributed by atoms with Crippen molar-refractivity contribution in [1.29, 1.82) is 5.26 Å². The molecule has 3 saturated carbocycles.